The molecule has 2 aromatic rings. The van der Waals surface area contributed by atoms with Gasteiger partial charge < -0.3 is 4.74 Å². The van der Waals surface area contributed by atoms with Crippen molar-refractivity contribution in [3.8, 4) is 11.4 Å². The van der Waals surface area contributed by atoms with Crippen molar-refractivity contribution in [2.24, 2.45) is 0 Å². The predicted molar refractivity (Wildman–Crippen MR) is 72.6 cm³/mol. The SMILES string of the molecule is COCCn1c(-c2cc(Cl)sc2Cl)n[nH]c1=S. The molecular formula is C9H9Cl2N3OS2. The number of nitrogens with one attached hydrogen (secondary N) is 1. The Kier molecular flexibility index (Phi) is 4.22. The van der Waals surface area contributed by atoms with Crippen molar-refractivity contribution in [2.45, 2.75) is 6.54 Å². The van der Waals surface area contributed by atoms with E-state index in [-0.39, 0.29) is 0 Å². The summed E-state index contributed by atoms with van der Waals surface area (Å²) in [4.78, 5) is 0. The Hall–Kier alpha value is -0.400. The topological polar surface area (TPSA) is 42.8 Å². The van der Waals surface area contributed by atoms with Crippen LogP contribution in [0.1, 0.15) is 0 Å². The van der Waals surface area contributed by atoms with Crippen LogP contribution in [0.4, 0.5) is 0 Å². The van der Waals surface area contributed by atoms with E-state index in [4.69, 9.17) is 40.2 Å². The Morgan fingerprint density at radius 3 is 2.94 bits per heavy atom. The van der Waals surface area contributed by atoms with Gasteiger partial charge in [0.05, 0.1) is 23.1 Å². The predicted octanol–water partition coefficient (Wildman–Crippen LogP) is 3.62. The van der Waals surface area contributed by atoms with E-state index in [1.165, 1.54) is 11.3 Å². The van der Waals surface area contributed by atoms with E-state index in [1.807, 2.05) is 4.57 Å². The Balaban J connectivity index is 2.45. The third-order valence-corrected chi connectivity index (χ3v) is 3.97. The minimum absolute atomic E-state index is 0.537. The van der Waals surface area contributed by atoms with Crippen molar-refractivity contribution >= 4 is 46.8 Å². The zero-order chi connectivity index (χ0) is 12.4. The normalized spacial score (nSPS) is 11.0. The maximum atomic E-state index is 6.10. The summed E-state index contributed by atoms with van der Waals surface area (Å²) in [5.74, 6) is 0.681. The number of ether oxygens (including phenoxy) is 1. The molecule has 0 aliphatic heterocycles. The van der Waals surface area contributed by atoms with Crippen LogP contribution in [0.5, 0.6) is 0 Å². The van der Waals surface area contributed by atoms with E-state index in [2.05, 4.69) is 10.2 Å². The molecule has 0 atom stereocenters. The molecule has 0 unspecified atom stereocenters. The molecule has 2 heterocycles. The van der Waals surface area contributed by atoms with Crippen LogP contribution >= 0.6 is 46.8 Å². The maximum absolute atomic E-state index is 6.10. The fourth-order valence-corrected chi connectivity index (χ4v) is 3.09. The summed E-state index contributed by atoms with van der Waals surface area (Å²) in [6, 6.07) is 1.78. The van der Waals surface area contributed by atoms with E-state index in [9.17, 15) is 0 Å². The first-order chi connectivity index (χ1) is 8.13. The minimum atomic E-state index is 0.537. The van der Waals surface area contributed by atoms with E-state index < -0.39 is 0 Å². The average Bonchev–Trinajstić information content (AvgIpc) is 2.79. The first kappa shape index (κ1) is 13.0. The van der Waals surface area contributed by atoms with Gasteiger partial charge in [-0.2, -0.15) is 5.10 Å². The van der Waals surface area contributed by atoms with Gasteiger partial charge in [-0.05, 0) is 18.3 Å². The number of thiophene rings is 1. The molecule has 17 heavy (non-hydrogen) atoms. The van der Waals surface area contributed by atoms with E-state index in [1.54, 1.807) is 13.2 Å². The molecular weight excluding hydrogens is 301 g/mol. The van der Waals surface area contributed by atoms with Gasteiger partial charge in [0.2, 0.25) is 0 Å². The molecule has 2 rings (SSSR count). The number of hydrogen-bond acceptors (Lipinski definition) is 4. The highest BCUT2D eigenvalue weighted by Gasteiger charge is 2.15. The van der Waals surface area contributed by atoms with Gasteiger partial charge in [-0.15, -0.1) is 11.3 Å². The van der Waals surface area contributed by atoms with Crippen LogP contribution in [0, 0.1) is 4.77 Å². The van der Waals surface area contributed by atoms with Crippen LogP contribution in [0.3, 0.4) is 0 Å². The molecule has 1 N–H and O–H groups in total. The molecule has 92 valence electrons. The molecule has 0 aliphatic rings. The van der Waals surface area contributed by atoms with Crippen LogP contribution < -0.4 is 0 Å². The summed E-state index contributed by atoms with van der Waals surface area (Å²) in [7, 11) is 1.64. The lowest BCUT2D eigenvalue weighted by atomic mass is 10.3. The Morgan fingerprint density at radius 1 is 1.59 bits per heavy atom. The van der Waals surface area contributed by atoms with E-state index >= 15 is 0 Å². The van der Waals surface area contributed by atoms with Gasteiger partial charge in [0.1, 0.15) is 4.34 Å². The molecule has 0 saturated carbocycles. The Morgan fingerprint density at radius 2 is 2.35 bits per heavy atom. The fraction of sp³-hybridized carbons (Fsp3) is 0.333. The van der Waals surface area contributed by atoms with Gasteiger partial charge in [-0.1, -0.05) is 23.2 Å². The van der Waals surface area contributed by atoms with Crippen LogP contribution in [-0.2, 0) is 11.3 Å². The number of aromatic amines is 1. The van der Waals surface area contributed by atoms with Gasteiger partial charge in [0, 0.05) is 7.11 Å². The molecule has 0 radical (unpaired) electrons. The van der Waals surface area contributed by atoms with Crippen LogP contribution in [0.15, 0.2) is 6.07 Å². The highest BCUT2D eigenvalue weighted by Crippen LogP contribution is 2.37. The standard InChI is InChI=1S/C9H9Cl2N3OS2/c1-15-3-2-14-8(12-13-9(14)16)5-4-6(10)17-7(5)11/h4H,2-3H2,1H3,(H,13,16). The van der Waals surface area contributed by atoms with Gasteiger partial charge in [-0.3, -0.25) is 9.67 Å². The quantitative estimate of drug-likeness (QED) is 0.877. The summed E-state index contributed by atoms with van der Waals surface area (Å²) in [6.45, 7) is 1.17. The summed E-state index contributed by atoms with van der Waals surface area (Å²) in [5.41, 5.74) is 0.783. The average molecular weight is 310 g/mol. The number of rotatable bonds is 4. The number of nitrogens with zero attached hydrogens (tertiary/aromatic N) is 2. The summed E-state index contributed by atoms with van der Waals surface area (Å²) >= 11 is 18.5. The van der Waals surface area contributed by atoms with Crippen LogP contribution in [0.2, 0.25) is 8.67 Å². The summed E-state index contributed by atoms with van der Waals surface area (Å²) in [5, 5.41) is 6.91. The minimum Gasteiger partial charge on any atom is -0.383 e. The summed E-state index contributed by atoms with van der Waals surface area (Å²) in [6.07, 6.45) is 0. The molecule has 0 spiro atoms. The molecule has 0 amide bonds. The largest absolute Gasteiger partial charge is 0.383 e. The first-order valence-corrected chi connectivity index (χ1v) is 6.71. The van der Waals surface area contributed by atoms with Gasteiger partial charge >= 0.3 is 0 Å². The van der Waals surface area contributed by atoms with Crippen LogP contribution in [-0.4, -0.2) is 28.5 Å². The van der Waals surface area contributed by atoms with Gasteiger partial charge in [-0.25, -0.2) is 0 Å². The second kappa shape index (κ2) is 5.49. The lowest BCUT2D eigenvalue weighted by Crippen LogP contribution is -2.06. The third kappa shape index (κ3) is 2.71. The molecule has 4 nitrogen and oxygen atoms in total. The Labute approximate surface area is 117 Å². The molecule has 8 heteroatoms. The highest BCUT2D eigenvalue weighted by atomic mass is 35.5. The van der Waals surface area contributed by atoms with Crippen LogP contribution in [0.25, 0.3) is 11.4 Å². The van der Waals surface area contributed by atoms with E-state index in [0.717, 1.165) is 5.56 Å². The van der Waals surface area contributed by atoms with Crippen molar-refractivity contribution in [1.29, 1.82) is 0 Å². The van der Waals surface area contributed by atoms with Crippen molar-refractivity contribution in [2.75, 3.05) is 13.7 Å². The van der Waals surface area contributed by atoms with E-state index in [0.29, 0.717) is 32.4 Å². The molecule has 0 aromatic carbocycles. The number of H-pyrrole nitrogens is 1. The van der Waals surface area contributed by atoms with Gasteiger partial charge in [0.15, 0.2) is 10.6 Å². The molecule has 0 bridgehead atoms. The fourth-order valence-electron chi connectivity index (χ4n) is 1.41. The molecule has 2 aromatic heterocycles. The second-order valence-corrected chi connectivity index (χ2v) is 5.91. The number of methoxy groups -OCH3 is 1. The lowest BCUT2D eigenvalue weighted by molar-refractivity contribution is 0.187. The smallest absolute Gasteiger partial charge is 0.195 e. The zero-order valence-corrected chi connectivity index (χ0v) is 12.0. The molecule has 0 fully saturated rings. The maximum Gasteiger partial charge on any atom is 0.195 e. The Bertz CT molecular complexity index is 575. The van der Waals surface area contributed by atoms with Crippen molar-refractivity contribution in [1.82, 2.24) is 14.8 Å². The second-order valence-electron chi connectivity index (χ2n) is 3.23. The number of halogens is 2. The lowest BCUT2D eigenvalue weighted by Gasteiger charge is -2.04. The van der Waals surface area contributed by atoms with Crippen molar-refractivity contribution in [3.63, 3.8) is 0 Å². The zero-order valence-electron chi connectivity index (χ0n) is 8.87. The highest BCUT2D eigenvalue weighted by molar-refractivity contribution is 7.71. The van der Waals surface area contributed by atoms with Gasteiger partial charge in [0.25, 0.3) is 0 Å². The monoisotopic (exact) mass is 309 g/mol. The van der Waals surface area contributed by atoms with Crippen molar-refractivity contribution < 1.29 is 4.74 Å². The third-order valence-electron chi connectivity index (χ3n) is 2.17. The number of aromatic nitrogens is 3. The number of hydrogen-bond donors (Lipinski definition) is 1. The van der Waals surface area contributed by atoms with Crippen molar-refractivity contribution in [3.05, 3.63) is 19.5 Å². The molecule has 0 aliphatic carbocycles. The summed E-state index contributed by atoms with van der Waals surface area (Å²) < 4.78 is 8.63. The first-order valence-electron chi connectivity index (χ1n) is 4.73. The molecule has 0 saturated heterocycles.